The van der Waals surface area contributed by atoms with Crippen LogP contribution >= 0.6 is 0 Å². The summed E-state index contributed by atoms with van der Waals surface area (Å²) in [4.78, 5) is 177. The molecule has 0 spiro atoms. The number of hydrogen-bond donors (Lipinski definition) is 2. The Morgan fingerprint density at radius 1 is 0.206 bits per heavy atom. The summed E-state index contributed by atoms with van der Waals surface area (Å²) in [6.45, 7) is -0.612. The van der Waals surface area contributed by atoms with Gasteiger partial charge in [-0.3, -0.25) is 38.4 Å². The number of nitrogens with zero attached hydrogens (tertiary/aromatic N) is 2. The molecule has 136 heavy (non-hydrogen) atoms. The predicted molar refractivity (Wildman–Crippen MR) is 497 cm³/mol. The first-order valence-electron chi connectivity index (χ1n) is 44.7. The number of aromatic nitrogens is 4. The van der Waals surface area contributed by atoms with E-state index in [1.807, 2.05) is 0 Å². The minimum Gasteiger partial charge on any atom is -0.493 e. The first-order chi connectivity index (χ1) is 65.9. The molecule has 4 aromatic carbocycles. The van der Waals surface area contributed by atoms with Gasteiger partial charge >= 0.3 is 71.6 Å². The van der Waals surface area contributed by atoms with Crippen molar-refractivity contribution >= 4 is 118 Å². The quantitative estimate of drug-likeness (QED) is 0.0203. The summed E-state index contributed by atoms with van der Waals surface area (Å²) in [5.74, 6) is -6.65. The molecule has 3 aromatic heterocycles. The zero-order valence-electron chi connectivity index (χ0n) is 78.8. The maximum absolute atomic E-state index is 14.3. The molecule has 0 atom stereocenters. The van der Waals surface area contributed by atoms with E-state index in [1.54, 1.807) is 48.6 Å². The zero-order valence-corrected chi connectivity index (χ0v) is 78.8. The molecule has 9 rings (SSSR count). The number of H-pyrrole nitrogens is 2. The Morgan fingerprint density at radius 2 is 0.353 bits per heavy atom. The Labute approximate surface area is 787 Å². The second-order valence-electron chi connectivity index (χ2n) is 30.9. The largest absolute Gasteiger partial charge is 0.493 e. The molecule has 7 aromatic rings. The molecule has 0 radical (unpaired) electrons. The van der Waals surface area contributed by atoms with Crippen molar-refractivity contribution in [3.05, 3.63) is 118 Å². The van der Waals surface area contributed by atoms with Crippen molar-refractivity contribution in [2.24, 2.45) is 0 Å². The van der Waals surface area contributed by atoms with E-state index >= 15 is 0 Å². The van der Waals surface area contributed by atoms with Gasteiger partial charge in [0.1, 0.15) is 46.0 Å². The lowest BCUT2D eigenvalue weighted by atomic mass is 9.98. The maximum Gasteiger partial charge on any atom is 0.338 e. The molecule has 36 heteroatoms. The smallest absolute Gasteiger partial charge is 0.338 e. The fourth-order valence-corrected chi connectivity index (χ4v) is 14.7. The highest BCUT2D eigenvalue weighted by atomic mass is 16.6. The van der Waals surface area contributed by atoms with Crippen LogP contribution in [0.3, 0.4) is 0 Å². The van der Waals surface area contributed by atoms with Gasteiger partial charge < -0.3 is 105 Å². The standard InChI is InChI=1S/C100H118N4O32/c1-117-81(105)29-13-21-45-129-73-53-61(97(113)125-9)54-74(130-46-22-14-30-82(106)118-2)93(73)89-65-37-39-67(101-65)90(94-75(131-47-23-15-31-83(107)119-3)55-62(98(114)126-10)56-76(94)132-48-24-16-32-84(108)120-4)69-41-43-71(103-69)92(96-79(135-51-27-19-35-87(111)123-7)59-64(100(116)128-12)60-80(96)136-52-28-20-36-88(112)124-8)72-44-42-70(104-72)91(68-40-38-66(89)102-68)95-77(133-49-25-17-33-85(109)121-5)57-63(99(115)127-11)58-78(95)134-50-26-18-34-86(110)122-6/h37-44,53-60,101,104H,13-36,45-52H2,1-12H3. The molecule has 0 fully saturated rings. The second kappa shape index (κ2) is 54.6. The topological polar surface area (TPSA) is 447 Å². The van der Waals surface area contributed by atoms with E-state index in [0.717, 1.165) is 0 Å². The van der Waals surface area contributed by atoms with E-state index in [9.17, 15) is 57.5 Å². The van der Waals surface area contributed by atoms with Crippen LogP contribution in [0.1, 0.15) is 218 Å². The summed E-state index contributed by atoms with van der Waals surface area (Å²) in [6, 6.07) is 18.8. The third-order valence-corrected chi connectivity index (χ3v) is 21.8. The third-order valence-electron chi connectivity index (χ3n) is 21.8. The third kappa shape index (κ3) is 29.8. The highest BCUT2D eigenvalue weighted by Crippen LogP contribution is 2.52. The predicted octanol–water partition coefficient (Wildman–Crippen LogP) is 16.2. The van der Waals surface area contributed by atoms with E-state index in [2.05, 4.69) is 9.97 Å². The summed E-state index contributed by atoms with van der Waals surface area (Å²) in [6.07, 6.45) is 11.6. The van der Waals surface area contributed by atoms with Crippen molar-refractivity contribution in [2.75, 3.05) is 138 Å². The molecule has 0 aliphatic carbocycles. The number of aromatic amines is 2. The lowest BCUT2D eigenvalue weighted by Gasteiger charge is -2.20. The maximum atomic E-state index is 14.3. The fourth-order valence-electron chi connectivity index (χ4n) is 14.7. The van der Waals surface area contributed by atoms with Gasteiger partial charge in [0.05, 0.1) is 205 Å². The number of benzene rings is 4. The van der Waals surface area contributed by atoms with E-state index in [0.29, 0.717) is 51.4 Å². The molecule has 2 N–H and O–H groups in total. The van der Waals surface area contributed by atoms with Crippen LogP contribution in [0.15, 0.2) is 72.8 Å². The Hall–Kier alpha value is -14.5. The molecule has 5 heterocycles. The average molecular weight is 1890 g/mol. The number of rotatable bonds is 56. The number of ether oxygens (including phenoxy) is 20. The summed E-state index contributed by atoms with van der Waals surface area (Å²) in [5, 5.41) is 0. The fraction of sp³-hybridized carbons (Fsp3) is 0.440. The van der Waals surface area contributed by atoms with Gasteiger partial charge in [-0.2, -0.15) is 0 Å². The number of carbonyl (C=O) groups excluding carboxylic acids is 12. The Bertz CT molecular complexity index is 4790. The van der Waals surface area contributed by atoms with Gasteiger partial charge in [-0.15, -0.1) is 0 Å². The van der Waals surface area contributed by atoms with Crippen LogP contribution in [0.2, 0.25) is 0 Å². The van der Waals surface area contributed by atoms with Crippen molar-refractivity contribution in [3.8, 4) is 90.5 Å². The minimum atomic E-state index is -0.796. The van der Waals surface area contributed by atoms with Crippen molar-refractivity contribution in [1.29, 1.82) is 0 Å². The number of hydrogen-bond acceptors (Lipinski definition) is 34. The van der Waals surface area contributed by atoms with Crippen LogP contribution in [-0.2, 0) is 95.2 Å². The van der Waals surface area contributed by atoms with Gasteiger partial charge in [0.15, 0.2) is 0 Å². The van der Waals surface area contributed by atoms with Crippen molar-refractivity contribution in [2.45, 2.75) is 154 Å². The molecule has 0 saturated carbocycles. The van der Waals surface area contributed by atoms with Gasteiger partial charge in [0.25, 0.3) is 0 Å². The van der Waals surface area contributed by atoms with Crippen LogP contribution in [-0.4, -0.2) is 230 Å². The van der Waals surface area contributed by atoms with E-state index in [4.69, 9.17) is 105 Å². The molecular formula is C100H118N4O32. The Balaban J connectivity index is 1.60. The van der Waals surface area contributed by atoms with Crippen molar-refractivity contribution < 1.29 is 152 Å². The molecule has 2 aliphatic rings. The highest BCUT2D eigenvalue weighted by Gasteiger charge is 2.33. The number of carbonyl (C=O) groups is 12. The molecule has 8 bridgehead atoms. The minimum absolute atomic E-state index is 0.0267. The molecule has 730 valence electrons. The average Bonchev–Trinajstić information content (AvgIpc) is 1.59. The summed E-state index contributed by atoms with van der Waals surface area (Å²) in [5.41, 5.74) is 3.06. The van der Waals surface area contributed by atoms with Crippen molar-refractivity contribution in [3.63, 3.8) is 0 Å². The molecule has 0 unspecified atom stereocenters. The molecule has 36 nitrogen and oxygen atoms in total. The number of unbranched alkanes of at least 4 members (excludes halogenated alkanes) is 8. The van der Waals surface area contributed by atoms with E-state index in [1.165, 1.54) is 134 Å². The van der Waals surface area contributed by atoms with Crippen LogP contribution < -0.4 is 37.9 Å². The lowest BCUT2D eigenvalue weighted by Crippen LogP contribution is -2.09. The van der Waals surface area contributed by atoms with E-state index < -0.39 is 71.6 Å². The van der Waals surface area contributed by atoms with Crippen molar-refractivity contribution in [1.82, 2.24) is 19.9 Å². The van der Waals surface area contributed by atoms with Gasteiger partial charge in [-0.1, -0.05) is 0 Å². The van der Waals surface area contributed by atoms with Crippen LogP contribution in [0, 0.1) is 0 Å². The molecule has 2 aliphatic heterocycles. The van der Waals surface area contributed by atoms with Gasteiger partial charge in [-0.25, -0.2) is 29.1 Å². The summed E-state index contributed by atoms with van der Waals surface area (Å²) >= 11 is 0. The molecule has 0 saturated heterocycles. The second-order valence-corrected chi connectivity index (χ2v) is 30.9. The van der Waals surface area contributed by atoms with Gasteiger partial charge in [0.2, 0.25) is 0 Å². The lowest BCUT2D eigenvalue weighted by molar-refractivity contribution is -0.141. The number of nitrogens with one attached hydrogen (secondary N) is 2. The first kappa shape index (κ1) is 105. The highest BCUT2D eigenvalue weighted by molar-refractivity contribution is 6.07. The van der Waals surface area contributed by atoms with Crippen LogP contribution in [0.5, 0.6) is 46.0 Å². The Kier molecular flexibility index (Phi) is 42.3. The first-order valence-corrected chi connectivity index (χ1v) is 44.7. The zero-order chi connectivity index (χ0) is 98.0. The molecule has 0 amide bonds. The van der Waals surface area contributed by atoms with Crippen LogP contribution in [0.25, 0.3) is 90.9 Å². The normalized spacial score (nSPS) is 11.1. The molecular weight excluding hydrogens is 1770 g/mol. The van der Waals surface area contributed by atoms with Gasteiger partial charge in [-0.05, 0) is 200 Å². The monoisotopic (exact) mass is 1890 g/mol. The summed E-state index contributed by atoms with van der Waals surface area (Å²) in [7, 11) is 15.1. The van der Waals surface area contributed by atoms with E-state index in [-0.39, 0.29) is 313 Å². The number of esters is 12. The number of fused-ring (bicyclic) bond motifs is 8. The number of methoxy groups -OCH3 is 12. The van der Waals surface area contributed by atoms with Crippen LogP contribution in [0.4, 0.5) is 0 Å². The Morgan fingerprint density at radius 3 is 0.485 bits per heavy atom. The van der Waals surface area contributed by atoms with Gasteiger partial charge in [0, 0.05) is 95.7 Å². The SMILES string of the molecule is COC(=O)CCCCOc1cc(C(=O)OC)cc(OCCCCC(=O)OC)c1-c1c2nc(c(-c3c(OCCCCC(=O)OC)cc(C(=O)OC)cc3OCCCCC(=O)OC)c3ccc([nH]3)c(-c3c(OCCCCC(=O)OC)cc(C(=O)OC)cc3OCCCCC(=O)OC)c3nc(c(-c4c(OCCCCC(=O)OC)cc(C(=O)OC)cc4OCCCCC(=O)OC)c4ccc1[nH]4)C=C3)C=C2. The summed E-state index contributed by atoms with van der Waals surface area (Å²) < 4.78 is 117.